The van der Waals surface area contributed by atoms with Crippen molar-refractivity contribution < 1.29 is 13.9 Å². The molecule has 0 amide bonds. The van der Waals surface area contributed by atoms with Crippen molar-refractivity contribution in [2.24, 2.45) is 0 Å². The van der Waals surface area contributed by atoms with Crippen LogP contribution in [0.15, 0.2) is 69.9 Å². The van der Waals surface area contributed by atoms with Gasteiger partial charge in [0.15, 0.2) is 11.5 Å². The summed E-state index contributed by atoms with van der Waals surface area (Å²) < 4.78 is 16.5. The Labute approximate surface area is 156 Å². The second-order valence-electron chi connectivity index (χ2n) is 6.13. The molecule has 4 heteroatoms. The fraction of sp³-hybridized carbons (Fsp3) is 0.0870. The van der Waals surface area contributed by atoms with Crippen LogP contribution in [-0.4, -0.2) is 14.2 Å². The van der Waals surface area contributed by atoms with E-state index in [0.717, 1.165) is 11.1 Å². The Morgan fingerprint density at radius 1 is 0.741 bits per heavy atom. The molecule has 0 fully saturated rings. The predicted molar refractivity (Wildman–Crippen MR) is 108 cm³/mol. The average Bonchev–Trinajstić information content (AvgIpc) is 2.72. The molecule has 4 rings (SSSR count). The number of ether oxygens (including phenoxy) is 2. The largest absolute Gasteiger partial charge is 0.493 e. The van der Waals surface area contributed by atoms with E-state index in [1.54, 1.807) is 20.3 Å². The van der Waals surface area contributed by atoms with E-state index in [1.165, 1.54) is 0 Å². The Morgan fingerprint density at radius 2 is 1.41 bits per heavy atom. The molecule has 1 heterocycles. The van der Waals surface area contributed by atoms with Gasteiger partial charge in [0.1, 0.15) is 11.2 Å². The van der Waals surface area contributed by atoms with Gasteiger partial charge < -0.3 is 13.9 Å². The molecule has 134 valence electrons. The molecule has 0 spiro atoms. The summed E-state index contributed by atoms with van der Waals surface area (Å²) in [7, 11) is 3.22. The van der Waals surface area contributed by atoms with Gasteiger partial charge in [0.2, 0.25) is 5.43 Å². The minimum atomic E-state index is -0.0118. The highest BCUT2D eigenvalue weighted by Gasteiger charge is 2.07. The minimum Gasteiger partial charge on any atom is -0.493 e. The molecule has 4 nitrogen and oxygen atoms in total. The second-order valence-corrected chi connectivity index (χ2v) is 6.13. The lowest BCUT2D eigenvalue weighted by molar-refractivity contribution is 0.355. The molecular formula is C23H18O4. The van der Waals surface area contributed by atoms with Gasteiger partial charge in [-0.1, -0.05) is 36.4 Å². The van der Waals surface area contributed by atoms with Crippen molar-refractivity contribution in [3.05, 3.63) is 82.0 Å². The van der Waals surface area contributed by atoms with Gasteiger partial charge in [-0.15, -0.1) is 0 Å². The van der Waals surface area contributed by atoms with Crippen molar-refractivity contribution in [2.75, 3.05) is 14.2 Å². The molecule has 0 saturated heterocycles. The van der Waals surface area contributed by atoms with Gasteiger partial charge in [-0.3, -0.25) is 4.79 Å². The molecule has 0 radical (unpaired) electrons. The molecule has 1 aromatic heterocycles. The van der Waals surface area contributed by atoms with E-state index in [4.69, 9.17) is 13.9 Å². The molecule has 0 N–H and O–H groups in total. The minimum absolute atomic E-state index is 0.0118. The first-order chi connectivity index (χ1) is 13.2. The number of fused-ring (bicyclic) bond motifs is 2. The van der Waals surface area contributed by atoms with Crippen molar-refractivity contribution in [1.29, 1.82) is 0 Å². The summed E-state index contributed by atoms with van der Waals surface area (Å²) in [5.41, 5.74) is 3.08. The molecule has 3 aromatic carbocycles. The van der Waals surface area contributed by atoms with E-state index in [-0.39, 0.29) is 5.43 Å². The number of rotatable bonds is 4. The van der Waals surface area contributed by atoms with Gasteiger partial charge in [-0.2, -0.15) is 0 Å². The van der Waals surface area contributed by atoms with Crippen LogP contribution in [0.1, 0.15) is 11.1 Å². The van der Waals surface area contributed by atoms with Crippen LogP contribution in [0, 0.1) is 0 Å². The first-order valence-electron chi connectivity index (χ1n) is 8.55. The fourth-order valence-electron chi connectivity index (χ4n) is 3.07. The first-order valence-corrected chi connectivity index (χ1v) is 8.55. The van der Waals surface area contributed by atoms with Crippen molar-refractivity contribution in [1.82, 2.24) is 0 Å². The molecule has 4 aromatic rings. The third-order valence-electron chi connectivity index (χ3n) is 4.48. The molecule has 0 aliphatic rings. The van der Waals surface area contributed by atoms with Crippen LogP contribution >= 0.6 is 0 Å². The highest BCUT2D eigenvalue weighted by molar-refractivity contribution is 5.91. The van der Waals surface area contributed by atoms with Crippen LogP contribution in [0.4, 0.5) is 0 Å². The molecule has 0 aliphatic heterocycles. The van der Waals surface area contributed by atoms with Crippen LogP contribution in [0.3, 0.4) is 0 Å². The first kappa shape index (κ1) is 16.9. The van der Waals surface area contributed by atoms with Gasteiger partial charge in [-0.05, 0) is 47.5 Å². The lowest BCUT2D eigenvalue weighted by Crippen LogP contribution is -2.01. The highest BCUT2D eigenvalue weighted by Crippen LogP contribution is 2.28. The Hall–Kier alpha value is -3.53. The lowest BCUT2D eigenvalue weighted by atomic mass is 10.1. The Balaban J connectivity index is 1.73. The monoisotopic (exact) mass is 358 g/mol. The highest BCUT2D eigenvalue weighted by atomic mass is 16.5. The molecular weight excluding hydrogens is 340 g/mol. The smallest absolute Gasteiger partial charge is 0.200 e. The fourth-order valence-corrected chi connectivity index (χ4v) is 3.07. The van der Waals surface area contributed by atoms with Gasteiger partial charge in [0.25, 0.3) is 0 Å². The molecule has 0 unspecified atom stereocenters. The maximum absolute atomic E-state index is 12.6. The zero-order valence-corrected chi connectivity index (χ0v) is 15.1. The Morgan fingerprint density at radius 3 is 2.19 bits per heavy atom. The van der Waals surface area contributed by atoms with E-state index in [9.17, 15) is 4.79 Å². The van der Waals surface area contributed by atoms with E-state index in [2.05, 4.69) is 0 Å². The third kappa shape index (κ3) is 3.17. The Bertz CT molecular complexity index is 1220. The maximum atomic E-state index is 12.6. The van der Waals surface area contributed by atoms with Gasteiger partial charge in [0.05, 0.1) is 25.0 Å². The number of hydrogen-bond acceptors (Lipinski definition) is 4. The van der Waals surface area contributed by atoms with E-state index >= 15 is 0 Å². The van der Waals surface area contributed by atoms with Gasteiger partial charge in [0, 0.05) is 0 Å². The summed E-state index contributed by atoms with van der Waals surface area (Å²) in [5.74, 6) is 1.37. The summed E-state index contributed by atoms with van der Waals surface area (Å²) in [6, 6.07) is 18.6. The van der Waals surface area contributed by atoms with Crippen LogP contribution in [0.25, 0.3) is 34.1 Å². The standard InChI is InChI=1S/C23H18O4/c1-25-20-12-10-16(14-22(20)26-2)8-7-15-9-11-18-21(13-15)27-19-6-4-3-5-17(19)23(18)24/h3-14H,1-2H3. The molecule has 0 aliphatic carbocycles. The topological polar surface area (TPSA) is 48.7 Å². The van der Waals surface area contributed by atoms with Crippen molar-refractivity contribution >= 4 is 34.1 Å². The van der Waals surface area contributed by atoms with Gasteiger partial charge in [-0.25, -0.2) is 0 Å². The normalized spacial score (nSPS) is 11.3. The van der Waals surface area contributed by atoms with Crippen LogP contribution in [0.5, 0.6) is 11.5 Å². The van der Waals surface area contributed by atoms with Crippen molar-refractivity contribution in [3.63, 3.8) is 0 Å². The number of methoxy groups -OCH3 is 2. The zero-order chi connectivity index (χ0) is 18.8. The number of hydrogen-bond donors (Lipinski definition) is 0. The van der Waals surface area contributed by atoms with Crippen LogP contribution in [0.2, 0.25) is 0 Å². The quantitative estimate of drug-likeness (QED) is 0.375. The number of benzene rings is 3. The zero-order valence-electron chi connectivity index (χ0n) is 15.1. The van der Waals surface area contributed by atoms with Gasteiger partial charge >= 0.3 is 0 Å². The SMILES string of the molecule is COc1ccc(C=Cc2ccc3c(=O)c4ccccc4oc3c2)cc1OC. The summed E-state index contributed by atoms with van der Waals surface area (Å²) in [6.07, 6.45) is 3.94. The van der Waals surface area contributed by atoms with Crippen molar-refractivity contribution in [3.8, 4) is 11.5 Å². The summed E-state index contributed by atoms with van der Waals surface area (Å²) >= 11 is 0. The summed E-state index contributed by atoms with van der Waals surface area (Å²) in [6.45, 7) is 0. The number of para-hydroxylation sites is 1. The molecule has 27 heavy (non-hydrogen) atoms. The van der Waals surface area contributed by atoms with E-state index < -0.39 is 0 Å². The predicted octanol–water partition coefficient (Wildman–Crippen LogP) is 5.13. The molecule has 0 bridgehead atoms. The molecule has 0 saturated carbocycles. The van der Waals surface area contributed by atoms with Crippen molar-refractivity contribution in [2.45, 2.75) is 0 Å². The lowest BCUT2D eigenvalue weighted by Gasteiger charge is -2.07. The Kier molecular flexibility index (Phi) is 4.38. The second kappa shape index (κ2) is 7.00. The summed E-state index contributed by atoms with van der Waals surface area (Å²) in [5, 5.41) is 1.18. The van der Waals surface area contributed by atoms with E-state index in [0.29, 0.717) is 33.4 Å². The maximum Gasteiger partial charge on any atom is 0.200 e. The van der Waals surface area contributed by atoms with E-state index in [1.807, 2.05) is 66.7 Å². The van der Waals surface area contributed by atoms with Crippen LogP contribution in [-0.2, 0) is 0 Å². The summed E-state index contributed by atoms with van der Waals surface area (Å²) in [4.78, 5) is 12.6. The van der Waals surface area contributed by atoms with Crippen LogP contribution < -0.4 is 14.9 Å². The average molecular weight is 358 g/mol. The third-order valence-corrected chi connectivity index (χ3v) is 4.48. The molecule has 0 atom stereocenters.